The van der Waals surface area contributed by atoms with Crippen LogP contribution in [0, 0.1) is 13.8 Å². The van der Waals surface area contributed by atoms with Gasteiger partial charge in [-0.3, -0.25) is 0 Å². The molecule has 0 aliphatic carbocycles. The van der Waals surface area contributed by atoms with E-state index in [2.05, 4.69) is 36.2 Å². The highest BCUT2D eigenvalue weighted by atomic mass is 15.5. The summed E-state index contributed by atoms with van der Waals surface area (Å²) in [4.78, 5) is 1.62. The Kier molecular flexibility index (Phi) is 7.68. The van der Waals surface area contributed by atoms with Crippen molar-refractivity contribution in [2.75, 3.05) is 0 Å². The molecule has 0 radical (unpaired) electrons. The third-order valence-corrected chi connectivity index (χ3v) is 2.14. The van der Waals surface area contributed by atoms with Crippen LogP contribution in [-0.4, -0.2) is 15.0 Å². The third-order valence-electron chi connectivity index (χ3n) is 2.14. The van der Waals surface area contributed by atoms with Gasteiger partial charge in [-0.25, -0.2) is 0 Å². The van der Waals surface area contributed by atoms with Crippen LogP contribution in [0.1, 0.15) is 38.8 Å². The molecule has 0 unspecified atom stereocenters. The second-order valence-corrected chi connectivity index (χ2v) is 3.09. The summed E-state index contributed by atoms with van der Waals surface area (Å²) in [5, 5.41) is 8.13. The van der Waals surface area contributed by atoms with E-state index in [0.29, 0.717) is 0 Å². The smallest absolute Gasteiger partial charge is 0.0859 e. The van der Waals surface area contributed by atoms with Crippen molar-refractivity contribution < 1.29 is 0 Å². The molecule has 0 saturated carbocycles. The Balaban J connectivity index is 0.000000581. The van der Waals surface area contributed by atoms with Gasteiger partial charge < -0.3 is 0 Å². The minimum atomic E-state index is 1.01. The van der Waals surface area contributed by atoms with E-state index in [0.717, 1.165) is 5.69 Å². The monoisotopic (exact) mass is 233 g/mol. The van der Waals surface area contributed by atoms with Gasteiger partial charge in [-0.1, -0.05) is 33.8 Å². The molecule has 0 amide bonds. The summed E-state index contributed by atoms with van der Waals surface area (Å²) in [5.74, 6) is 0. The molecule has 0 saturated heterocycles. The van der Waals surface area contributed by atoms with Gasteiger partial charge in [0.25, 0.3) is 0 Å². The predicted molar refractivity (Wildman–Crippen MR) is 73.5 cm³/mol. The topological polar surface area (TPSA) is 30.7 Å². The van der Waals surface area contributed by atoms with Gasteiger partial charge >= 0.3 is 0 Å². The van der Waals surface area contributed by atoms with Crippen LogP contribution >= 0.6 is 0 Å². The maximum absolute atomic E-state index is 4.06. The lowest BCUT2D eigenvalue weighted by molar-refractivity contribution is 0.751. The van der Waals surface area contributed by atoms with Crippen molar-refractivity contribution in [2.24, 2.45) is 0 Å². The van der Waals surface area contributed by atoms with Crippen LogP contribution in [0.3, 0.4) is 0 Å². The number of aryl methyl sites for hydroxylation is 2. The van der Waals surface area contributed by atoms with E-state index in [9.17, 15) is 0 Å². The fraction of sp³-hybridized carbons (Fsp3) is 0.429. The molecule has 0 aliphatic rings. The SMILES string of the molecule is CC.CC.Cc1ccc(-n2nccn2)cc1C. The first-order chi connectivity index (χ1) is 8.27. The Bertz CT molecular complexity index is 405. The van der Waals surface area contributed by atoms with Crippen LogP contribution in [0.5, 0.6) is 0 Å². The standard InChI is InChI=1S/C10H11N3.2C2H6/c1-8-3-4-10(7-9(8)2)13-11-5-6-12-13;2*1-2/h3-7H,1-2H3;2*1-2H3. The zero-order chi connectivity index (χ0) is 13.3. The number of benzene rings is 1. The molecule has 1 heterocycles. The molecule has 2 aromatic rings. The van der Waals surface area contributed by atoms with Gasteiger partial charge in [0.15, 0.2) is 0 Å². The summed E-state index contributed by atoms with van der Waals surface area (Å²) in [7, 11) is 0. The molecule has 1 aromatic carbocycles. The maximum Gasteiger partial charge on any atom is 0.0859 e. The quantitative estimate of drug-likeness (QED) is 0.747. The van der Waals surface area contributed by atoms with Gasteiger partial charge in [0, 0.05) is 0 Å². The van der Waals surface area contributed by atoms with Crippen LogP contribution in [0.25, 0.3) is 5.69 Å². The zero-order valence-electron chi connectivity index (χ0n) is 11.7. The third kappa shape index (κ3) is 4.39. The lowest BCUT2D eigenvalue weighted by atomic mass is 10.1. The normalized spacial score (nSPS) is 8.59. The van der Waals surface area contributed by atoms with E-state index >= 15 is 0 Å². The van der Waals surface area contributed by atoms with E-state index in [-0.39, 0.29) is 0 Å². The minimum absolute atomic E-state index is 1.01. The number of hydrogen-bond donors (Lipinski definition) is 0. The predicted octanol–water partition coefficient (Wildman–Crippen LogP) is 3.94. The molecule has 3 nitrogen and oxygen atoms in total. The number of rotatable bonds is 1. The molecule has 0 fully saturated rings. The number of hydrogen-bond acceptors (Lipinski definition) is 2. The molecule has 0 aliphatic heterocycles. The van der Waals surface area contributed by atoms with Crippen LogP contribution in [-0.2, 0) is 0 Å². The molecule has 94 valence electrons. The van der Waals surface area contributed by atoms with E-state index in [4.69, 9.17) is 0 Å². The molecular formula is C14H23N3. The van der Waals surface area contributed by atoms with Crippen molar-refractivity contribution in [3.63, 3.8) is 0 Å². The van der Waals surface area contributed by atoms with Crippen LogP contribution in [0.2, 0.25) is 0 Å². The second-order valence-electron chi connectivity index (χ2n) is 3.09. The van der Waals surface area contributed by atoms with Gasteiger partial charge in [-0.15, -0.1) is 0 Å². The number of aromatic nitrogens is 3. The van der Waals surface area contributed by atoms with E-state index < -0.39 is 0 Å². The van der Waals surface area contributed by atoms with Crippen molar-refractivity contribution in [3.8, 4) is 5.69 Å². The van der Waals surface area contributed by atoms with Crippen LogP contribution in [0.4, 0.5) is 0 Å². The highest BCUT2D eigenvalue weighted by Gasteiger charge is 1.98. The molecule has 3 heteroatoms. The van der Waals surface area contributed by atoms with E-state index in [1.54, 1.807) is 17.2 Å². The maximum atomic E-state index is 4.06. The first-order valence-corrected chi connectivity index (χ1v) is 6.21. The molecular weight excluding hydrogens is 210 g/mol. The average Bonchev–Trinajstić information content (AvgIpc) is 2.91. The minimum Gasteiger partial charge on any atom is -0.157 e. The summed E-state index contributed by atoms with van der Waals surface area (Å²) >= 11 is 0. The first kappa shape index (κ1) is 15.4. The van der Waals surface area contributed by atoms with Crippen molar-refractivity contribution >= 4 is 0 Å². The molecule has 0 spiro atoms. The first-order valence-electron chi connectivity index (χ1n) is 6.21. The molecule has 2 rings (SSSR count). The molecule has 0 bridgehead atoms. The van der Waals surface area contributed by atoms with Gasteiger partial charge in [-0.05, 0) is 37.1 Å². The highest BCUT2D eigenvalue weighted by molar-refractivity contribution is 5.37. The average molecular weight is 233 g/mol. The van der Waals surface area contributed by atoms with E-state index in [1.807, 2.05) is 33.8 Å². The second kappa shape index (κ2) is 8.50. The van der Waals surface area contributed by atoms with Gasteiger partial charge in [0.05, 0.1) is 18.1 Å². The molecule has 0 atom stereocenters. The lowest BCUT2D eigenvalue weighted by Crippen LogP contribution is -1.98. The van der Waals surface area contributed by atoms with Crippen molar-refractivity contribution in [1.29, 1.82) is 0 Å². The number of nitrogens with zero attached hydrogens (tertiary/aromatic N) is 3. The Morgan fingerprint density at radius 3 is 1.82 bits per heavy atom. The molecule has 17 heavy (non-hydrogen) atoms. The summed E-state index contributed by atoms with van der Waals surface area (Å²) in [6.07, 6.45) is 3.35. The van der Waals surface area contributed by atoms with Crippen molar-refractivity contribution in [2.45, 2.75) is 41.5 Å². The Labute approximate surface area is 104 Å². The fourth-order valence-corrected chi connectivity index (χ4v) is 1.20. The summed E-state index contributed by atoms with van der Waals surface area (Å²) in [6, 6.07) is 6.17. The van der Waals surface area contributed by atoms with Crippen LogP contribution < -0.4 is 0 Å². The zero-order valence-corrected chi connectivity index (χ0v) is 11.7. The van der Waals surface area contributed by atoms with Crippen molar-refractivity contribution in [3.05, 3.63) is 41.7 Å². The largest absolute Gasteiger partial charge is 0.157 e. The van der Waals surface area contributed by atoms with Gasteiger partial charge in [0.1, 0.15) is 0 Å². The Morgan fingerprint density at radius 2 is 1.35 bits per heavy atom. The molecule has 0 N–H and O–H groups in total. The summed E-state index contributed by atoms with van der Waals surface area (Å²) in [6.45, 7) is 12.2. The summed E-state index contributed by atoms with van der Waals surface area (Å²) in [5.41, 5.74) is 3.55. The summed E-state index contributed by atoms with van der Waals surface area (Å²) < 4.78 is 0. The van der Waals surface area contributed by atoms with E-state index in [1.165, 1.54) is 11.1 Å². The van der Waals surface area contributed by atoms with Crippen LogP contribution in [0.15, 0.2) is 30.6 Å². The highest BCUT2D eigenvalue weighted by Crippen LogP contribution is 2.11. The fourth-order valence-electron chi connectivity index (χ4n) is 1.20. The Morgan fingerprint density at radius 1 is 0.824 bits per heavy atom. The van der Waals surface area contributed by atoms with Crippen molar-refractivity contribution in [1.82, 2.24) is 15.0 Å². The lowest BCUT2D eigenvalue weighted by Gasteiger charge is -2.03. The van der Waals surface area contributed by atoms with Gasteiger partial charge in [0.2, 0.25) is 0 Å². The molecule has 1 aromatic heterocycles. The van der Waals surface area contributed by atoms with Gasteiger partial charge in [-0.2, -0.15) is 15.0 Å². The Hall–Kier alpha value is -1.64.